The Bertz CT molecular complexity index is 1940. The molecule has 2 heterocycles. The highest BCUT2D eigenvalue weighted by molar-refractivity contribution is 6.10. The van der Waals surface area contributed by atoms with Crippen LogP contribution in [0.1, 0.15) is 24.5 Å². The third-order valence-corrected chi connectivity index (χ3v) is 8.85. The topological polar surface area (TPSA) is 9.86 Å². The summed E-state index contributed by atoms with van der Waals surface area (Å²) in [7, 11) is 0. The van der Waals surface area contributed by atoms with E-state index in [0.717, 1.165) is 6.42 Å². The second-order valence-corrected chi connectivity index (χ2v) is 11.1. The van der Waals surface area contributed by atoms with Gasteiger partial charge in [0.15, 0.2) is 0 Å². The molecular weight excluding hydrogens is 484 g/mol. The molecule has 0 bridgehead atoms. The van der Waals surface area contributed by atoms with Gasteiger partial charge < -0.3 is 9.13 Å². The summed E-state index contributed by atoms with van der Waals surface area (Å²) in [4.78, 5) is 0. The average Bonchev–Trinajstić information content (AvgIpc) is 3.52. The standard InChI is InChI=1S/C38H30N2/c1-26-13-3-4-14-28(26)29-23-24-38(25-27(29)2,39-34-19-9-5-15-30(34)31-16-6-10-20-35(31)39)40-36-21-11-7-17-32(36)33-18-8-12-22-37(33)40/h3-23,25H,24H2,1-2H3. The van der Waals surface area contributed by atoms with Crippen LogP contribution in [0.15, 0.2) is 139 Å². The zero-order chi connectivity index (χ0) is 26.8. The van der Waals surface area contributed by atoms with Crippen LogP contribution in [0, 0.1) is 6.92 Å². The van der Waals surface area contributed by atoms with Gasteiger partial charge in [0, 0.05) is 28.0 Å². The van der Waals surface area contributed by atoms with Gasteiger partial charge in [-0.3, -0.25) is 0 Å². The SMILES string of the molecule is CC1=CC(n2c3ccccc3c3ccccc32)(n2c3ccccc3c3ccccc32)CC=C1c1ccccc1C. The number of allylic oxidation sites excluding steroid dienone is 4. The van der Waals surface area contributed by atoms with Crippen molar-refractivity contribution >= 4 is 49.2 Å². The van der Waals surface area contributed by atoms with Gasteiger partial charge in [0.1, 0.15) is 5.66 Å². The predicted molar refractivity (Wildman–Crippen MR) is 170 cm³/mol. The van der Waals surface area contributed by atoms with E-state index in [1.54, 1.807) is 0 Å². The summed E-state index contributed by atoms with van der Waals surface area (Å²) >= 11 is 0. The highest BCUT2D eigenvalue weighted by Gasteiger charge is 2.39. The molecule has 1 aliphatic carbocycles. The van der Waals surface area contributed by atoms with Crippen molar-refractivity contribution in [2.24, 2.45) is 0 Å². The molecule has 8 rings (SSSR count). The van der Waals surface area contributed by atoms with Crippen LogP contribution in [0.5, 0.6) is 0 Å². The first-order valence-electron chi connectivity index (χ1n) is 14.1. The van der Waals surface area contributed by atoms with Crippen LogP contribution in [-0.4, -0.2) is 9.13 Å². The molecule has 0 radical (unpaired) electrons. The Morgan fingerprint density at radius 3 is 1.32 bits per heavy atom. The summed E-state index contributed by atoms with van der Waals surface area (Å²) < 4.78 is 5.20. The molecule has 5 aromatic carbocycles. The van der Waals surface area contributed by atoms with Crippen molar-refractivity contribution in [1.82, 2.24) is 9.13 Å². The number of aryl methyl sites for hydroxylation is 1. The maximum atomic E-state index is 2.60. The van der Waals surface area contributed by atoms with Gasteiger partial charge in [0.2, 0.25) is 0 Å². The molecule has 2 heteroatoms. The van der Waals surface area contributed by atoms with E-state index in [1.807, 2.05) is 0 Å². The largest absolute Gasteiger partial charge is 0.313 e. The Balaban J connectivity index is 1.54. The van der Waals surface area contributed by atoms with E-state index in [0.29, 0.717) is 0 Å². The molecule has 0 N–H and O–H groups in total. The fraction of sp³-hybridized carbons (Fsp3) is 0.105. The van der Waals surface area contributed by atoms with Gasteiger partial charge in [-0.15, -0.1) is 0 Å². The molecule has 0 amide bonds. The van der Waals surface area contributed by atoms with Crippen LogP contribution in [0.25, 0.3) is 49.2 Å². The van der Waals surface area contributed by atoms with E-state index in [1.165, 1.54) is 65.9 Å². The molecule has 0 unspecified atom stereocenters. The maximum Gasteiger partial charge on any atom is 0.145 e. The maximum absolute atomic E-state index is 2.60. The lowest BCUT2D eigenvalue weighted by Crippen LogP contribution is -2.40. The normalized spacial score (nSPS) is 15.2. The Hall–Kier alpha value is -4.82. The summed E-state index contributed by atoms with van der Waals surface area (Å²) in [5, 5.41) is 5.16. The summed E-state index contributed by atoms with van der Waals surface area (Å²) in [5.41, 5.74) is 9.77. The van der Waals surface area contributed by atoms with Crippen molar-refractivity contribution in [2.75, 3.05) is 0 Å². The Morgan fingerprint density at radius 2 is 0.900 bits per heavy atom. The van der Waals surface area contributed by atoms with Crippen LogP contribution < -0.4 is 0 Å². The number of aromatic nitrogens is 2. The minimum atomic E-state index is -0.484. The molecule has 0 spiro atoms. The minimum Gasteiger partial charge on any atom is -0.313 e. The summed E-state index contributed by atoms with van der Waals surface area (Å²) in [5.74, 6) is 0. The first-order valence-corrected chi connectivity index (χ1v) is 14.1. The number of hydrogen-bond donors (Lipinski definition) is 0. The highest BCUT2D eigenvalue weighted by Crippen LogP contribution is 2.46. The lowest BCUT2D eigenvalue weighted by atomic mass is 9.85. The molecule has 192 valence electrons. The van der Waals surface area contributed by atoms with Gasteiger partial charge in [-0.05, 0) is 66.5 Å². The molecule has 0 fully saturated rings. The summed E-state index contributed by atoms with van der Waals surface area (Å²) in [6.07, 6.45) is 5.84. The molecule has 1 aliphatic rings. The van der Waals surface area contributed by atoms with Crippen molar-refractivity contribution in [3.8, 4) is 0 Å². The second-order valence-electron chi connectivity index (χ2n) is 11.1. The van der Waals surface area contributed by atoms with Crippen molar-refractivity contribution in [1.29, 1.82) is 0 Å². The zero-order valence-electron chi connectivity index (χ0n) is 22.8. The van der Waals surface area contributed by atoms with E-state index in [4.69, 9.17) is 0 Å². The van der Waals surface area contributed by atoms with Gasteiger partial charge in [0.25, 0.3) is 0 Å². The lowest BCUT2D eigenvalue weighted by molar-refractivity contribution is 0.344. The molecule has 0 aliphatic heterocycles. The van der Waals surface area contributed by atoms with Crippen molar-refractivity contribution < 1.29 is 0 Å². The van der Waals surface area contributed by atoms with Crippen LogP contribution in [0.2, 0.25) is 0 Å². The fourth-order valence-electron chi connectivity index (χ4n) is 7.19. The quantitative estimate of drug-likeness (QED) is 0.222. The van der Waals surface area contributed by atoms with E-state index < -0.39 is 5.66 Å². The first kappa shape index (κ1) is 23.1. The van der Waals surface area contributed by atoms with Crippen LogP contribution in [0.3, 0.4) is 0 Å². The van der Waals surface area contributed by atoms with Crippen LogP contribution in [0.4, 0.5) is 0 Å². The number of nitrogens with zero attached hydrogens (tertiary/aromatic N) is 2. The molecular formula is C38H30N2. The third-order valence-electron chi connectivity index (χ3n) is 8.85. The monoisotopic (exact) mass is 514 g/mol. The molecule has 0 saturated heterocycles. The summed E-state index contributed by atoms with van der Waals surface area (Å²) in [6, 6.07) is 44.3. The van der Waals surface area contributed by atoms with Gasteiger partial charge in [-0.1, -0.05) is 103 Å². The van der Waals surface area contributed by atoms with Crippen LogP contribution in [-0.2, 0) is 5.66 Å². The molecule has 0 saturated carbocycles. The molecule has 7 aromatic rings. The number of benzene rings is 5. The number of para-hydroxylation sites is 4. The number of rotatable bonds is 3. The van der Waals surface area contributed by atoms with Crippen molar-refractivity contribution in [2.45, 2.75) is 25.9 Å². The molecule has 2 aromatic heterocycles. The van der Waals surface area contributed by atoms with Gasteiger partial charge in [0.05, 0.1) is 22.1 Å². The van der Waals surface area contributed by atoms with E-state index >= 15 is 0 Å². The lowest BCUT2D eigenvalue weighted by Gasteiger charge is -2.40. The Morgan fingerprint density at radius 1 is 0.500 bits per heavy atom. The van der Waals surface area contributed by atoms with Gasteiger partial charge >= 0.3 is 0 Å². The number of hydrogen-bond acceptors (Lipinski definition) is 0. The predicted octanol–water partition coefficient (Wildman–Crippen LogP) is 9.85. The zero-order valence-corrected chi connectivity index (χ0v) is 22.8. The fourth-order valence-corrected chi connectivity index (χ4v) is 7.19. The summed E-state index contributed by atoms with van der Waals surface area (Å²) in [6.45, 7) is 4.50. The van der Waals surface area contributed by atoms with Crippen LogP contribution >= 0.6 is 0 Å². The molecule has 40 heavy (non-hydrogen) atoms. The average molecular weight is 515 g/mol. The molecule has 2 nitrogen and oxygen atoms in total. The third kappa shape index (κ3) is 3.11. The van der Waals surface area contributed by atoms with Gasteiger partial charge in [-0.2, -0.15) is 0 Å². The number of fused-ring (bicyclic) bond motifs is 6. The van der Waals surface area contributed by atoms with Gasteiger partial charge in [-0.25, -0.2) is 0 Å². The van der Waals surface area contributed by atoms with E-state index in [2.05, 4.69) is 156 Å². The smallest absolute Gasteiger partial charge is 0.145 e. The van der Waals surface area contributed by atoms with Crippen molar-refractivity contribution in [3.05, 3.63) is 150 Å². The molecule has 0 atom stereocenters. The second kappa shape index (κ2) is 8.59. The van der Waals surface area contributed by atoms with Crippen molar-refractivity contribution in [3.63, 3.8) is 0 Å². The Labute approximate surface area is 234 Å². The van der Waals surface area contributed by atoms with E-state index in [-0.39, 0.29) is 0 Å². The van der Waals surface area contributed by atoms with E-state index in [9.17, 15) is 0 Å². The Kier molecular flexibility index (Phi) is 4.96. The first-order chi connectivity index (χ1) is 19.7. The minimum absolute atomic E-state index is 0.484. The highest BCUT2D eigenvalue weighted by atomic mass is 15.3.